The molecule has 0 radical (unpaired) electrons. The van der Waals surface area contributed by atoms with Crippen LogP contribution in [0.25, 0.3) is 32.9 Å². The maximum atomic E-state index is 12.2. The van der Waals surface area contributed by atoms with Crippen molar-refractivity contribution in [1.82, 2.24) is 20.2 Å². The molecule has 5 aromatic rings. The summed E-state index contributed by atoms with van der Waals surface area (Å²) in [5.41, 5.74) is 4.33. The van der Waals surface area contributed by atoms with E-state index in [-0.39, 0.29) is 18.1 Å². The van der Waals surface area contributed by atoms with E-state index >= 15 is 0 Å². The number of aromatic amines is 2. The topological polar surface area (TPSA) is 133 Å². The maximum absolute atomic E-state index is 12.2. The Hall–Kier alpha value is -4.86. The lowest BCUT2D eigenvalue weighted by Crippen LogP contribution is -2.29. The van der Waals surface area contributed by atoms with Crippen LogP contribution in [0.2, 0.25) is 0 Å². The van der Waals surface area contributed by atoms with E-state index in [2.05, 4.69) is 20.2 Å². The van der Waals surface area contributed by atoms with Crippen LogP contribution in [0.1, 0.15) is 18.2 Å². The van der Waals surface area contributed by atoms with E-state index < -0.39 is 6.09 Å². The maximum Gasteiger partial charge on any atom is 0.414 e. The Morgan fingerprint density at radius 2 is 1.84 bits per heavy atom. The highest BCUT2D eigenvalue weighted by Crippen LogP contribution is 2.40. The van der Waals surface area contributed by atoms with Crippen molar-refractivity contribution in [2.45, 2.75) is 13.3 Å². The molecule has 10 heteroatoms. The van der Waals surface area contributed by atoms with E-state index in [0.717, 1.165) is 32.7 Å². The molecule has 1 amide bonds. The Morgan fingerprint density at radius 1 is 1.05 bits per heavy atom. The first-order chi connectivity index (χ1) is 17.9. The summed E-state index contributed by atoms with van der Waals surface area (Å²) in [5.74, 6) is 1.37. The fourth-order valence-electron chi connectivity index (χ4n) is 4.50. The van der Waals surface area contributed by atoms with Crippen LogP contribution >= 0.6 is 0 Å². The van der Waals surface area contributed by atoms with Gasteiger partial charge in [-0.3, -0.25) is 4.79 Å². The average molecular weight is 500 g/mol. The molecule has 0 bridgehead atoms. The van der Waals surface area contributed by atoms with Crippen LogP contribution in [0, 0.1) is 0 Å². The first-order valence-electron chi connectivity index (χ1n) is 11.6. The molecule has 0 spiro atoms. The molecule has 3 N–H and O–H groups in total. The van der Waals surface area contributed by atoms with Gasteiger partial charge in [0.1, 0.15) is 0 Å². The van der Waals surface area contributed by atoms with Gasteiger partial charge in [-0.1, -0.05) is 24.3 Å². The minimum absolute atomic E-state index is 0.233. The van der Waals surface area contributed by atoms with E-state index in [1.807, 2.05) is 48.5 Å². The van der Waals surface area contributed by atoms with Crippen LogP contribution in [0.3, 0.4) is 0 Å². The number of fused-ring (bicyclic) bond motifs is 2. The number of nitrogens with one attached hydrogen (secondary N) is 2. The molecule has 0 saturated heterocycles. The van der Waals surface area contributed by atoms with Gasteiger partial charge in [-0.05, 0) is 48.4 Å². The number of methoxy groups -OCH3 is 2. The van der Waals surface area contributed by atoms with Crippen molar-refractivity contribution in [2.75, 3.05) is 25.7 Å². The molecule has 3 aromatic carbocycles. The highest BCUT2D eigenvalue weighted by molar-refractivity contribution is 5.90. The largest absolute Gasteiger partial charge is 0.493 e. The van der Waals surface area contributed by atoms with Gasteiger partial charge in [0, 0.05) is 23.9 Å². The van der Waals surface area contributed by atoms with Crippen molar-refractivity contribution in [1.29, 1.82) is 0 Å². The molecule has 0 aliphatic rings. The molecular weight excluding hydrogens is 474 g/mol. The van der Waals surface area contributed by atoms with Crippen LogP contribution < -0.4 is 19.9 Å². The predicted molar refractivity (Wildman–Crippen MR) is 141 cm³/mol. The number of anilines is 1. The number of benzene rings is 3. The lowest BCUT2D eigenvalue weighted by Gasteiger charge is -2.16. The second-order valence-electron chi connectivity index (χ2n) is 8.42. The number of nitrogens with zero attached hydrogens (tertiary/aromatic N) is 3. The van der Waals surface area contributed by atoms with Crippen LogP contribution in [0.15, 0.2) is 59.4 Å². The molecule has 0 fully saturated rings. The molecule has 0 saturated carbocycles. The molecule has 2 aromatic heterocycles. The number of hydrogen-bond donors (Lipinski definition) is 3. The summed E-state index contributed by atoms with van der Waals surface area (Å²) >= 11 is 0. The van der Waals surface area contributed by atoms with E-state index in [0.29, 0.717) is 34.3 Å². The number of hydrogen-bond acceptors (Lipinski definition) is 6. The molecule has 37 heavy (non-hydrogen) atoms. The second kappa shape index (κ2) is 9.65. The van der Waals surface area contributed by atoms with Gasteiger partial charge in [-0.25, -0.2) is 19.8 Å². The monoisotopic (exact) mass is 499 g/mol. The number of aromatic nitrogens is 4. The van der Waals surface area contributed by atoms with Crippen LogP contribution in [-0.4, -0.2) is 52.1 Å². The van der Waals surface area contributed by atoms with Crippen molar-refractivity contribution < 1.29 is 19.4 Å². The minimum Gasteiger partial charge on any atom is -0.493 e. The third-order valence-corrected chi connectivity index (χ3v) is 6.27. The summed E-state index contributed by atoms with van der Waals surface area (Å²) in [4.78, 5) is 32.5. The Labute approximate surface area is 211 Å². The number of carboxylic acid groups (broad SMARTS) is 1. The summed E-state index contributed by atoms with van der Waals surface area (Å²) < 4.78 is 11.4. The van der Waals surface area contributed by atoms with Gasteiger partial charge >= 0.3 is 6.09 Å². The van der Waals surface area contributed by atoms with E-state index in [1.54, 1.807) is 27.2 Å². The lowest BCUT2D eigenvalue weighted by molar-refractivity contribution is 0.202. The van der Waals surface area contributed by atoms with Crippen molar-refractivity contribution in [3.05, 3.63) is 76.2 Å². The second-order valence-corrected chi connectivity index (χ2v) is 8.42. The lowest BCUT2D eigenvalue weighted by atomic mass is 9.97. The smallest absolute Gasteiger partial charge is 0.414 e. The number of imidazole rings is 1. The Balaban J connectivity index is 1.61. The van der Waals surface area contributed by atoms with Gasteiger partial charge in [0.15, 0.2) is 11.5 Å². The Bertz CT molecular complexity index is 1690. The zero-order chi connectivity index (χ0) is 26.1. The summed E-state index contributed by atoms with van der Waals surface area (Å²) in [6.07, 6.45) is -0.631. The number of carbonyl (C=O) groups is 1. The summed E-state index contributed by atoms with van der Waals surface area (Å²) in [5, 5.41) is 17.7. The van der Waals surface area contributed by atoms with Crippen molar-refractivity contribution in [3.8, 4) is 22.6 Å². The summed E-state index contributed by atoms with van der Waals surface area (Å²) in [7, 11) is 3.16. The first-order valence-corrected chi connectivity index (χ1v) is 11.6. The van der Waals surface area contributed by atoms with Gasteiger partial charge in [-0.2, -0.15) is 5.10 Å². The molecule has 2 heterocycles. The number of rotatable bonds is 7. The highest BCUT2D eigenvalue weighted by Gasteiger charge is 2.19. The van der Waals surface area contributed by atoms with E-state index in [4.69, 9.17) is 9.47 Å². The molecule has 0 aliphatic heterocycles. The van der Waals surface area contributed by atoms with Crippen LogP contribution in [0.5, 0.6) is 11.5 Å². The zero-order valence-corrected chi connectivity index (χ0v) is 20.5. The predicted octanol–water partition coefficient (Wildman–Crippen LogP) is 4.58. The van der Waals surface area contributed by atoms with Crippen molar-refractivity contribution in [2.24, 2.45) is 0 Å². The quantitative estimate of drug-likeness (QED) is 0.298. The van der Waals surface area contributed by atoms with Gasteiger partial charge in [0.2, 0.25) is 5.95 Å². The average Bonchev–Trinajstić information content (AvgIpc) is 3.32. The Kier molecular flexibility index (Phi) is 6.22. The number of H-pyrrole nitrogens is 2. The summed E-state index contributed by atoms with van der Waals surface area (Å²) in [6, 6.07) is 16.9. The molecule has 5 rings (SSSR count). The van der Waals surface area contributed by atoms with Gasteiger partial charge < -0.3 is 19.6 Å². The zero-order valence-electron chi connectivity index (χ0n) is 20.5. The molecule has 0 unspecified atom stereocenters. The van der Waals surface area contributed by atoms with Crippen molar-refractivity contribution in [3.63, 3.8) is 0 Å². The van der Waals surface area contributed by atoms with E-state index in [9.17, 15) is 14.7 Å². The Morgan fingerprint density at radius 3 is 2.54 bits per heavy atom. The highest BCUT2D eigenvalue weighted by atomic mass is 16.5. The van der Waals surface area contributed by atoms with Gasteiger partial charge in [0.25, 0.3) is 5.56 Å². The minimum atomic E-state index is -1.08. The summed E-state index contributed by atoms with van der Waals surface area (Å²) in [6.45, 7) is 2.01. The molecular formula is C27H25N5O5. The molecule has 0 aliphatic carbocycles. The standard InChI is InChI=1S/C27H25N5O5/c1-4-32(27(34)35)26-28-20-10-9-16(14-22(20)29-26)19-11-15(13-23(36-2)24(19)37-3)12-21-17-7-5-6-8-18(17)25(33)31-30-21/h5-11,13-14H,4,12H2,1-3H3,(H,28,29)(H,31,33)(H,34,35). The van der Waals surface area contributed by atoms with Gasteiger partial charge in [0.05, 0.1) is 36.3 Å². The third-order valence-electron chi connectivity index (χ3n) is 6.27. The van der Waals surface area contributed by atoms with Crippen molar-refractivity contribution >= 4 is 33.8 Å². The SMILES string of the molecule is CCN(C(=O)O)c1nc2cc(-c3cc(Cc4n[nH]c(=O)c5ccccc45)cc(OC)c3OC)ccc2[nH]1. The number of amides is 1. The number of ether oxygens (including phenoxy) is 2. The fourth-order valence-corrected chi connectivity index (χ4v) is 4.50. The molecule has 10 nitrogen and oxygen atoms in total. The van der Waals surface area contributed by atoms with E-state index in [1.165, 1.54) is 0 Å². The van der Waals surface area contributed by atoms with Crippen LogP contribution in [0.4, 0.5) is 10.7 Å². The fraction of sp³-hybridized carbons (Fsp3) is 0.185. The third kappa shape index (κ3) is 4.33. The van der Waals surface area contributed by atoms with Gasteiger partial charge in [-0.15, -0.1) is 0 Å². The normalized spacial score (nSPS) is 11.1. The molecule has 0 atom stereocenters. The first kappa shape index (κ1) is 23.9. The molecule has 188 valence electrons. The van der Waals surface area contributed by atoms with Crippen LogP contribution in [-0.2, 0) is 6.42 Å².